The molecule has 0 spiro atoms. The van der Waals surface area contributed by atoms with Crippen LogP contribution in [0.4, 0.5) is 4.39 Å². The van der Waals surface area contributed by atoms with Gasteiger partial charge in [0.15, 0.2) is 0 Å². The second kappa shape index (κ2) is 9.54. The van der Waals surface area contributed by atoms with Gasteiger partial charge in [-0.2, -0.15) is 5.10 Å². The van der Waals surface area contributed by atoms with E-state index in [1.54, 1.807) is 35.9 Å². The molecule has 2 aromatic carbocycles. The van der Waals surface area contributed by atoms with Crippen LogP contribution in [0, 0.1) is 12.7 Å². The van der Waals surface area contributed by atoms with E-state index in [1.165, 1.54) is 23.2 Å². The maximum absolute atomic E-state index is 13.0. The van der Waals surface area contributed by atoms with E-state index in [1.807, 2.05) is 19.1 Å². The van der Waals surface area contributed by atoms with Crippen molar-refractivity contribution in [2.75, 3.05) is 13.1 Å². The molecule has 0 saturated carbocycles. The van der Waals surface area contributed by atoms with Crippen molar-refractivity contribution in [2.45, 2.75) is 20.4 Å². The van der Waals surface area contributed by atoms with E-state index in [2.05, 4.69) is 10.4 Å². The van der Waals surface area contributed by atoms with E-state index in [0.29, 0.717) is 22.8 Å². The molecule has 3 rings (SSSR count). The predicted molar refractivity (Wildman–Crippen MR) is 113 cm³/mol. The summed E-state index contributed by atoms with van der Waals surface area (Å²) in [5, 5.41) is 7.68. The first kappa shape index (κ1) is 21.5. The first-order valence-corrected chi connectivity index (χ1v) is 9.87. The Kier molecular flexibility index (Phi) is 6.84. The van der Waals surface area contributed by atoms with Crippen LogP contribution in [0.15, 0.2) is 54.7 Å². The number of benzene rings is 2. The van der Waals surface area contributed by atoms with Crippen molar-refractivity contribution in [1.29, 1.82) is 0 Å². The Morgan fingerprint density at radius 2 is 1.80 bits per heavy atom. The Hall–Kier alpha value is -3.19. The standard InChI is InChI=1S/C22H22ClFN4O2/c1-3-27(14-21(29)25-12-16-4-8-18(24)9-5-16)22(30)20-13-26-28(15(20)2)19-10-6-17(23)7-11-19/h4-11,13H,3,12,14H2,1-2H3,(H,25,29). The molecule has 1 N–H and O–H groups in total. The quantitative estimate of drug-likeness (QED) is 0.623. The van der Waals surface area contributed by atoms with Crippen LogP contribution in [0.2, 0.25) is 5.02 Å². The monoisotopic (exact) mass is 428 g/mol. The maximum atomic E-state index is 13.0. The molecule has 30 heavy (non-hydrogen) atoms. The van der Waals surface area contributed by atoms with E-state index < -0.39 is 0 Å². The van der Waals surface area contributed by atoms with Crippen LogP contribution in [-0.4, -0.2) is 39.6 Å². The van der Waals surface area contributed by atoms with Crippen LogP contribution >= 0.6 is 11.6 Å². The van der Waals surface area contributed by atoms with Gasteiger partial charge < -0.3 is 10.2 Å². The third-order valence-corrected chi connectivity index (χ3v) is 4.97. The molecule has 1 heterocycles. The van der Waals surface area contributed by atoms with Gasteiger partial charge in [0.1, 0.15) is 5.82 Å². The number of hydrogen-bond acceptors (Lipinski definition) is 3. The predicted octanol–water partition coefficient (Wildman–Crippen LogP) is 3.75. The number of likely N-dealkylation sites (N-methyl/N-ethyl adjacent to an activating group) is 1. The Balaban J connectivity index is 1.66. The first-order chi connectivity index (χ1) is 14.4. The Morgan fingerprint density at radius 3 is 2.43 bits per heavy atom. The molecule has 0 fully saturated rings. The molecule has 0 aliphatic rings. The second-order valence-corrected chi connectivity index (χ2v) is 7.19. The van der Waals surface area contributed by atoms with Crippen LogP contribution in [0.3, 0.4) is 0 Å². The van der Waals surface area contributed by atoms with Crippen LogP contribution in [0.25, 0.3) is 5.69 Å². The fraction of sp³-hybridized carbons (Fsp3) is 0.227. The van der Waals surface area contributed by atoms with E-state index in [-0.39, 0.29) is 30.7 Å². The molecular formula is C22H22ClFN4O2. The van der Waals surface area contributed by atoms with Gasteiger partial charge in [-0.25, -0.2) is 9.07 Å². The number of nitrogens with zero attached hydrogens (tertiary/aromatic N) is 3. The lowest BCUT2D eigenvalue weighted by atomic mass is 10.2. The average Bonchev–Trinajstić information content (AvgIpc) is 3.13. The number of carbonyl (C=O) groups is 2. The topological polar surface area (TPSA) is 67.2 Å². The lowest BCUT2D eigenvalue weighted by Gasteiger charge is -2.20. The highest BCUT2D eigenvalue weighted by Crippen LogP contribution is 2.18. The zero-order valence-electron chi connectivity index (χ0n) is 16.7. The molecule has 0 unspecified atom stereocenters. The third-order valence-electron chi connectivity index (χ3n) is 4.72. The number of amides is 2. The van der Waals surface area contributed by atoms with Gasteiger partial charge in [-0.15, -0.1) is 0 Å². The summed E-state index contributed by atoms with van der Waals surface area (Å²) in [6, 6.07) is 13.0. The molecule has 0 saturated heterocycles. The Morgan fingerprint density at radius 1 is 1.13 bits per heavy atom. The molecule has 3 aromatic rings. The van der Waals surface area contributed by atoms with Gasteiger partial charge in [-0.3, -0.25) is 9.59 Å². The minimum absolute atomic E-state index is 0.0813. The van der Waals surface area contributed by atoms with E-state index in [0.717, 1.165) is 11.3 Å². The summed E-state index contributed by atoms with van der Waals surface area (Å²) < 4.78 is 14.6. The number of halogens is 2. The zero-order chi connectivity index (χ0) is 21.7. The largest absolute Gasteiger partial charge is 0.350 e. The van der Waals surface area contributed by atoms with E-state index in [9.17, 15) is 14.0 Å². The van der Waals surface area contributed by atoms with Gasteiger partial charge in [0.2, 0.25) is 5.91 Å². The number of aromatic nitrogens is 2. The van der Waals surface area contributed by atoms with Crippen LogP contribution in [-0.2, 0) is 11.3 Å². The van der Waals surface area contributed by atoms with Gasteiger partial charge in [0.05, 0.1) is 29.7 Å². The summed E-state index contributed by atoms with van der Waals surface area (Å²) in [6.07, 6.45) is 1.51. The Labute approximate surface area is 179 Å². The highest BCUT2D eigenvalue weighted by molar-refractivity contribution is 6.30. The number of nitrogens with one attached hydrogen (secondary N) is 1. The summed E-state index contributed by atoms with van der Waals surface area (Å²) in [5.41, 5.74) is 2.67. The summed E-state index contributed by atoms with van der Waals surface area (Å²) in [4.78, 5) is 26.7. The average molecular weight is 429 g/mol. The summed E-state index contributed by atoms with van der Waals surface area (Å²) in [5.74, 6) is -0.897. The van der Waals surface area contributed by atoms with Crippen LogP contribution in [0.5, 0.6) is 0 Å². The van der Waals surface area contributed by atoms with Crippen molar-refractivity contribution in [3.05, 3.63) is 82.4 Å². The molecule has 8 heteroatoms. The van der Waals surface area contributed by atoms with Crippen molar-refractivity contribution in [1.82, 2.24) is 20.0 Å². The molecule has 6 nitrogen and oxygen atoms in total. The highest BCUT2D eigenvalue weighted by atomic mass is 35.5. The molecule has 1 aromatic heterocycles. The number of rotatable bonds is 7. The summed E-state index contributed by atoms with van der Waals surface area (Å²) >= 11 is 5.93. The molecular weight excluding hydrogens is 407 g/mol. The highest BCUT2D eigenvalue weighted by Gasteiger charge is 2.22. The second-order valence-electron chi connectivity index (χ2n) is 6.75. The van der Waals surface area contributed by atoms with E-state index >= 15 is 0 Å². The zero-order valence-corrected chi connectivity index (χ0v) is 17.5. The molecule has 0 aliphatic carbocycles. The van der Waals surface area contributed by atoms with Gasteiger partial charge in [0.25, 0.3) is 5.91 Å². The van der Waals surface area contributed by atoms with Crippen molar-refractivity contribution >= 4 is 23.4 Å². The lowest BCUT2D eigenvalue weighted by molar-refractivity contribution is -0.121. The smallest absolute Gasteiger partial charge is 0.257 e. The van der Waals surface area contributed by atoms with Crippen LogP contribution < -0.4 is 5.32 Å². The van der Waals surface area contributed by atoms with Gasteiger partial charge >= 0.3 is 0 Å². The van der Waals surface area contributed by atoms with Crippen molar-refractivity contribution < 1.29 is 14.0 Å². The normalized spacial score (nSPS) is 10.7. The van der Waals surface area contributed by atoms with Crippen molar-refractivity contribution in [3.63, 3.8) is 0 Å². The summed E-state index contributed by atoms with van der Waals surface area (Å²) in [7, 11) is 0. The first-order valence-electron chi connectivity index (χ1n) is 9.50. The van der Waals surface area contributed by atoms with Gasteiger partial charge in [0, 0.05) is 18.1 Å². The fourth-order valence-corrected chi connectivity index (χ4v) is 3.12. The molecule has 156 valence electrons. The van der Waals surface area contributed by atoms with Gasteiger partial charge in [-0.05, 0) is 55.8 Å². The van der Waals surface area contributed by atoms with E-state index in [4.69, 9.17) is 11.6 Å². The van der Waals surface area contributed by atoms with Crippen molar-refractivity contribution in [3.8, 4) is 5.69 Å². The molecule has 0 bridgehead atoms. The minimum atomic E-state index is -0.331. The number of hydrogen-bond donors (Lipinski definition) is 1. The minimum Gasteiger partial charge on any atom is -0.350 e. The lowest BCUT2D eigenvalue weighted by Crippen LogP contribution is -2.40. The van der Waals surface area contributed by atoms with Crippen molar-refractivity contribution in [2.24, 2.45) is 0 Å². The maximum Gasteiger partial charge on any atom is 0.257 e. The summed E-state index contributed by atoms with van der Waals surface area (Å²) in [6.45, 7) is 4.16. The molecule has 0 radical (unpaired) electrons. The van der Waals surface area contributed by atoms with Crippen LogP contribution in [0.1, 0.15) is 28.5 Å². The Bertz CT molecular complexity index is 1030. The molecule has 2 amide bonds. The van der Waals surface area contributed by atoms with Gasteiger partial charge in [-0.1, -0.05) is 23.7 Å². The SMILES string of the molecule is CCN(CC(=O)NCc1ccc(F)cc1)C(=O)c1cnn(-c2ccc(Cl)cc2)c1C. The fourth-order valence-electron chi connectivity index (χ4n) is 2.99. The molecule has 0 atom stereocenters. The molecule has 0 aliphatic heterocycles. The third kappa shape index (κ3) is 5.04. The number of carbonyl (C=O) groups excluding carboxylic acids is 2.